The van der Waals surface area contributed by atoms with Crippen molar-refractivity contribution in [2.75, 3.05) is 45.2 Å². The van der Waals surface area contributed by atoms with Gasteiger partial charge in [0.1, 0.15) is 5.82 Å². The highest BCUT2D eigenvalue weighted by molar-refractivity contribution is 7.09. The molecule has 6 nitrogen and oxygen atoms in total. The molecule has 0 aliphatic carbocycles. The van der Waals surface area contributed by atoms with E-state index in [2.05, 4.69) is 57.6 Å². The van der Waals surface area contributed by atoms with Gasteiger partial charge in [0, 0.05) is 50.6 Å². The van der Waals surface area contributed by atoms with Gasteiger partial charge in [0.05, 0.1) is 0 Å². The molecule has 0 unspecified atom stereocenters. The van der Waals surface area contributed by atoms with Gasteiger partial charge in [-0.1, -0.05) is 43.2 Å². The zero-order chi connectivity index (χ0) is 20.4. The molecule has 0 saturated heterocycles. The number of benzene rings is 1. The first-order valence-corrected chi connectivity index (χ1v) is 10.8. The summed E-state index contributed by atoms with van der Waals surface area (Å²) >= 11 is 1.43. The predicted molar refractivity (Wildman–Crippen MR) is 117 cm³/mol. The first-order chi connectivity index (χ1) is 13.5. The molecule has 1 heterocycles. The van der Waals surface area contributed by atoms with Crippen molar-refractivity contribution in [1.82, 2.24) is 19.6 Å². The Morgan fingerprint density at radius 1 is 1.14 bits per heavy atom. The van der Waals surface area contributed by atoms with Crippen molar-refractivity contribution in [3.63, 3.8) is 0 Å². The van der Waals surface area contributed by atoms with E-state index in [0.717, 1.165) is 43.3 Å². The fourth-order valence-electron chi connectivity index (χ4n) is 2.73. The Morgan fingerprint density at radius 2 is 1.89 bits per heavy atom. The van der Waals surface area contributed by atoms with Gasteiger partial charge in [-0.3, -0.25) is 4.79 Å². The smallest absolute Gasteiger partial charge is 0.221 e. The number of hydrogen-bond donors (Lipinski definition) is 1. The summed E-state index contributed by atoms with van der Waals surface area (Å²) in [6.45, 7) is 7.37. The van der Waals surface area contributed by atoms with Crippen LogP contribution in [0.3, 0.4) is 0 Å². The average molecular weight is 404 g/mol. The number of carbonyl (C=O) groups is 1. The highest BCUT2D eigenvalue weighted by Gasteiger charge is 2.14. The Balaban J connectivity index is 1.91. The summed E-state index contributed by atoms with van der Waals surface area (Å²) in [4.78, 5) is 21.1. The number of anilines is 1. The molecule has 1 aromatic carbocycles. The largest absolute Gasteiger partial charge is 0.355 e. The van der Waals surface area contributed by atoms with E-state index in [0.29, 0.717) is 19.5 Å². The van der Waals surface area contributed by atoms with Crippen molar-refractivity contribution in [2.24, 2.45) is 0 Å². The minimum atomic E-state index is 0.0905. The number of likely N-dealkylation sites (N-methyl/N-ethyl adjacent to an activating group) is 1. The van der Waals surface area contributed by atoms with Crippen molar-refractivity contribution < 1.29 is 4.79 Å². The molecule has 0 radical (unpaired) electrons. The lowest BCUT2D eigenvalue weighted by Crippen LogP contribution is -2.34. The monoisotopic (exact) mass is 403 g/mol. The maximum atomic E-state index is 12.1. The summed E-state index contributed by atoms with van der Waals surface area (Å²) in [5.41, 5.74) is 2.47. The first kappa shape index (κ1) is 22.3. The lowest BCUT2D eigenvalue weighted by molar-refractivity contribution is -0.120. The molecule has 0 spiro atoms. The van der Waals surface area contributed by atoms with Crippen molar-refractivity contribution >= 4 is 22.6 Å². The number of nitrogens with zero attached hydrogens (tertiary/aromatic N) is 4. The molecule has 0 saturated carbocycles. The number of hydrogen-bond acceptors (Lipinski definition) is 6. The quantitative estimate of drug-likeness (QED) is 0.590. The number of aryl methyl sites for hydroxylation is 1. The van der Waals surface area contributed by atoms with Crippen molar-refractivity contribution in [3.8, 4) is 0 Å². The van der Waals surface area contributed by atoms with Crippen LogP contribution in [0.5, 0.6) is 0 Å². The Morgan fingerprint density at radius 3 is 2.57 bits per heavy atom. The highest BCUT2D eigenvalue weighted by atomic mass is 32.1. The fraction of sp³-hybridized carbons (Fsp3) is 0.571. The molecule has 0 fully saturated rings. The zero-order valence-electron chi connectivity index (χ0n) is 17.6. The summed E-state index contributed by atoms with van der Waals surface area (Å²) in [5.74, 6) is 0.938. The van der Waals surface area contributed by atoms with Crippen LogP contribution >= 0.6 is 11.5 Å². The molecule has 7 heteroatoms. The van der Waals surface area contributed by atoms with E-state index in [1.54, 1.807) is 0 Å². The van der Waals surface area contributed by atoms with Crippen molar-refractivity contribution in [2.45, 2.75) is 39.5 Å². The molecule has 1 N–H and O–H groups in total. The van der Waals surface area contributed by atoms with Gasteiger partial charge in [-0.05, 0) is 33.0 Å². The van der Waals surface area contributed by atoms with Crippen LogP contribution in [0.2, 0.25) is 0 Å². The van der Waals surface area contributed by atoms with Crippen molar-refractivity contribution in [1.29, 1.82) is 0 Å². The van der Waals surface area contributed by atoms with Crippen molar-refractivity contribution in [3.05, 3.63) is 41.2 Å². The van der Waals surface area contributed by atoms with Gasteiger partial charge >= 0.3 is 0 Å². The summed E-state index contributed by atoms with van der Waals surface area (Å²) < 4.78 is 4.54. The topological polar surface area (TPSA) is 61.4 Å². The molecule has 28 heavy (non-hydrogen) atoms. The maximum absolute atomic E-state index is 12.1. The summed E-state index contributed by atoms with van der Waals surface area (Å²) in [5, 5.41) is 3.89. The lowest BCUT2D eigenvalue weighted by Gasteiger charge is -2.21. The number of aromatic nitrogens is 2. The van der Waals surface area contributed by atoms with E-state index in [4.69, 9.17) is 4.98 Å². The second kappa shape index (κ2) is 11.8. The van der Waals surface area contributed by atoms with Gasteiger partial charge in [0.15, 0.2) is 0 Å². The van der Waals surface area contributed by atoms with E-state index in [1.165, 1.54) is 22.7 Å². The Kier molecular flexibility index (Phi) is 9.37. The van der Waals surface area contributed by atoms with E-state index in [-0.39, 0.29) is 5.91 Å². The second-order valence-corrected chi connectivity index (χ2v) is 8.13. The average Bonchev–Trinajstić information content (AvgIpc) is 3.11. The number of rotatable bonds is 12. The number of nitrogens with one attached hydrogen (secondary N) is 1. The van der Waals surface area contributed by atoms with Crippen LogP contribution in [0.25, 0.3) is 0 Å². The van der Waals surface area contributed by atoms with Crippen LogP contribution in [0.4, 0.5) is 5.13 Å². The predicted octanol–water partition coefficient (Wildman–Crippen LogP) is 3.11. The molecule has 2 aromatic rings. The minimum absolute atomic E-state index is 0.0905. The molecule has 0 bridgehead atoms. The van der Waals surface area contributed by atoms with Crippen LogP contribution in [0, 0.1) is 6.92 Å². The summed E-state index contributed by atoms with van der Waals surface area (Å²) in [6.07, 6.45) is 3.41. The molecular formula is C21H33N5OS. The minimum Gasteiger partial charge on any atom is -0.355 e. The molecule has 1 aromatic heterocycles. The van der Waals surface area contributed by atoms with Gasteiger partial charge in [-0.25, -0.2) is 4.98 Å². The molecule has 0 aliphatic rings. The highest BCUT2D eigenvalue weighted by Crippen LogP contribution is 2.20. The van der Waals surface area contributed by atoms with Crippen LogP contribution in [-0.2, 0) is 11.2 Å². The first-order valence-electron chi connectivity index (χ1n) is 10.0. The van der Waals surface area contributed by atoms with E-state index >= 15 is 0 Å². The van der Waals surface area contributed by atoms with Gasteiger partial charge in [0.2, 0.25) is 11.0 Å². The van der Waals surface area contributed by atoms with E-state index < -0.39 is 0 Å². The third kappa shape index (κ3) is 7.94. The Hall–Kier alpha value is -1.99. The fourth-order valence-corrected chi connectivity index (χ4v) is 3.47. The Labute approximate surface area is 173 Å². The third-order valence-electron chi connectivity index (χ3n) is 4.48. The van der Waals surface area contributed by atoms with Gasteiger partial charge in [0.25, 0.3) is 0 Å². The summed E-state index contributed by atoms with van der Waals surface area (Å²) in [7, 11) is 4.00. The molecule has 2 rings (SSSR count). The molecule has 154 valence electrons. The maximum Gasteiger partial charge on any atom is 0.221 e. The zero-order valence-corrected chi connectivity index (χ0v) is 18.4. The van der Waals surface area contributed by atoms with E-state index in [1.807, 2.05) is 14.1 Å². The van der Waals surface area contributed by atoms with Crippen LogP contribution in [-0.4, -0.2) is 60.4 Å². The molecule has 0 aliphatic heterocycles. The van der Waals surface area contributed by atoms with Gasteiger partial charge in [-0.15, -0.1) is 0 Å². The standard InChI is InChI=1S/C21H33N5OS/c1-5-6-13-26(14-11-20(27)22-12-15-25(3)4)21-23-19(24-28-21)16-18-9-7-17(2)8-10-18/h7-10H,5-6,11-16H2,1-4H3,(H,22,27). The summed E-state index contributed by atoms with van der Waals surface area (Å²) in [6, 6.07) is 8.49. The third-order valence-corrected chi connectivity index (χ3v) is 5.30. The normalized spacial score (nSPS) is 11.0. The van der Waals surface area contributed by atoms with Crippen LogP contribution in [0.15, 0.2) is 24.3 Å². The van der Waals surface area contributed by atoms with Crippen LogP contribution < -0.4 is 10.2 Å². The number of carbonyl (C=O) groups excluding carboxylic acids is 1. The second-order valence-electron chi connectivity index (χ2n) is 7.40. The SMILES string of the molecule is CCCCN(CCC(=O)NCCN(C)C)c1nc(Cc2ccc(C)cc2)ns1. The molecule has 1 amide bonds. The molecule has 0 atom stereocenters. The van der Waals surface area contributed by atoms with Gasteiger partial charge in [-0.2, -0.15) is 4.37 Å². The van der Waals surface area contributed by atoms with Gasteiger partial charge < -0.3 is 15.1 Å². The Bertz CT molecular complexity index is 714. The lowest BCUT2D eigenvalue weighted by atomic mass is 10.1. The van der Waals surface area contributed by atoms with E-state index in [9.17, 15) is 4.79 Å². The number of unbranched alkanes of at least 4 members (excludes halogenated alkanes) is 1. The number of amides is 1. The molecular weight excluding hydrogens is 370 g/mol. The van der Waals surface area contributed by atoms with Crippen LogP contribution in [0.1, 0.15) is 43.1 Å².